The predicted molar refractivity (Wildman–Crippen MR) is 240 cm³/mol. The average Bonchev–Trinajstić information content (AvgIpc) is 3.97. The molecule has 2 aromatic heterocycles. The van der Waals surface area contributed by atoms with Gasteiger partial charge in [-0.25, -0.2) is 0 Å². The SMILES string of the molecule is CSC1=C(SC)SC(=c2c3ccccc3c(=C(C#Cc3sc(C=C(C#N)C#N)c4c3OCCO4)C#Cc3sc(C=C(C#N)C#N)c4c3OCCO4)c3ccccc23)S1. The molecule has 0 N–H and O–H groups in total. The highest BCUT2D eigenvalue weighted by Crippen LogP contribution is 2.57. The molecular formula is C44H24N4O4S6. The summed E-state index contributed by atoms with van der Waals surface area (Å²) in [6.07, 6.45) is 7.20. The molecule has 0 saturated carbocycles. The summed E-state index contributed by atoms with van der Waals surface area (Å²) in [7, 11) is 0. The zero-order chi connectivity index (χ0) is 40.2. The molecule has 8 nitrogen and oxygen atoms in total. The molecule has 58 heavy (non-hydrogen) atoms. The molecule has 0 spiro atoms. The highest BCUT2D eigenvalue weighted by molar-refractivity contribution is 8.45. The van der Waals surface area contributed by atoms with Crippen molar-refractivity contribution in [1.82, 2.24) is 0 Å². The van der Waals surface area contributed by atoms with Gasteiger partial charge in [-0.2, -0.15) is 21.0 Å². The van der Waals surface area contributed by atoms with Crippen molar-refractivity contribution in [2.24, 2.45) is 0 Å². The molecule has 0 amide bonds. The maximum atomic E-state index is 9.50. The van der Waals surface area contributed by atoms with Crippen LogP contribution < -0.4 is 29.4 Å². The van der Waals surface area contributed by atoms with E-state index >= 15 is 0 Å². The Kier molecular flexibility index (Phi) is 11.7. The fourth-order valence-corrected chi connectivity index (χ4v) is 13.5. The summed E-state index contributed by atoms with van der Waals surface area (Å²) < 4.78 is 27.8. The van der Waals surface area contributed by atoms with Gasteiger partial charge in [0, 0.05) is 10.4 Å². The van der Waals surface area contributed by atoms with Crippen LogP contribution in [0.4, 0.5) is 0 Å². The number of thiophene rings is 2. The van der Waals surface area contributed by atoms with Crippen LogP contribution in [-0.2, 0) is 0 Å². The Morgan fingerprint density at radius 1 is 0.586 bits per heavy atom. The number of thioether (sulfide) groups is 4. The Bertz CT molecular complexity index is 2890. The molecule has 5 heterocycles. The lowest BCUT2D eigenvalue weighted by molar-refractivity contribution is 0.173. The molecule has 3 aromatic carbocycles. The highest BCUT2D eigenvalue weighted by Gasteiger charge is 2.26. The molecule has 0 fully saturated rings. The van der Waals surface area contributed by atoms with E-state index < -0.39 is 0 Å². The Hall–Kier alpha value is -5.78. The average molecular weight is 865 g/mol. The second-order valence-corrected chi connectivity index (χ2v) is 18.6. The molecule has 3 aliphatic heterocycles. The Morgan fingerprint density at radius 2 is 0.983 bits per heavy atom. The molecule has 0 unspecified atom stereocenters. The number of ether oxygens (including phenoxy) is 4. The minimum atomic E-state index is -0.0637. The van der Waals surface area contributed by atoms with Crippen molar-refractivity contribution < 1.29 is 18.9 Å². The first kappa shape index (κ1) is 39.1. The van der Waals surface area contributed by atoms with E-state index in [0.29, 0.717) is 74.5 Å². The van der Waals surface area contributed by atoms with Gasteiger partial charge in [0.25, 0.3) is 0 Å². The quantitative estimate of drug-likeness (QED) is 0.0970. The van der Waals surface area contributed by atoms with Crippen LogP contribution in [0.5, 0.6) is 23.0 Å². The number of benzene rings is 3. The fraction of sp³-hybridized carbons (Fsp3) is 0.136. The third-order valence-corrected chi connectivity index (χ3v) is 16.0. The molecule has 0 bridgehead atoms. The van der Waals surface area contributed by atoms with E-state index in [1.165, 1.54) is 47.5 Å². The predicted octanol–water partition coefficient (Wildman–Crippen LogP) is 9.17. The van der Waals surface area contributed by atoms with Crippen LogP contribution in [-0.4, -0.2) is 38.9 Å². The zero-order valence-electron chi connectivity index (χ0n) is 30.5. The summed E-state index contributed by atoms with van der Waals surface area (Å²) >= 11 is 9.67. The molecular weight excluding hydrogens is 841 g/mol. The van der Waals surface area contributed by atoms with Gasteiger partial charge in [-0.15, -0.1) is 46.2 Å². The normalized spacial score (nSPS) is 13.5. The minimum absolute atomic E-state index is 0.0637. The van der Waals surface area contributed by atoms with E-state index in [9.17, 15) is 21.0 Å². The van der Waals surface area contributed by atoms with E-state index in [-0.39, 0.29) is 11.1 Å². The lowest BCUT2D eigenvalue weighted by Crippen LogP contribution is -2.17. The Labute approximate surface area is 358 Å². The van der Waals surface area contributed by atoms with Crippen molar-refractivity contribution in [3.05, 3.63) is 98.1 Å². The van der Waals surface area contributed by atoms with Gasteiger partial charge < -0.3 is 18.9 Å². The monoisotopic (exact) mass is 864 g/mol. The minimum Gasteiger partial charge on any atom is -0.485 e. The Morgan fingerprint density at radius 3 is 1.38 bits per heavy atom. The van der Waals surface area contributed by atoms with E-state index in [2.05, 4.69) is 60.5 Å². The summed E-state index contributed by atoms with van der Waals surface area (Å²) in [5.74, 6) is 15.3. The van der Waals surface area contributed by atoms with E-state index in [1.54, 1.807) is 47.0 Å². The summed E-state index contributed by atoms with van der Waals surface area (Å²) in [5.41, 5.74) is 0.400. The maximum Gasteiger partial charge on any atom is 0.188 e. The molecule has 14 heteroatoms. The van der Waals surface area contributed by atoms with Crippen LogP contribution in [0.3, 0.4) is 0 Å². The number of hydrogen-bond acceptors (Lipinski definition) is 14. The van der Waals surface area contributed by atoms with Crippen molar-refractivity contribution in [3.8, 4) is 71.0 Å². The molecule has 0 aliphatic carbocycles. The summed E-state index contributed by atoms with van der Waals surface area (Å²) in [5, 5.41) is 44.1. The summed E-state index contributed by atoms with van der Waals surface area (Å²) in [6.45, 7) is 1.28. The van der Waals surface area contributed by atoms with Crippen LogP contribution in [0.25, 0.3) is 43.5 Å². The van der Waals surface area contributed by atoms with Gasteiger partial charge in [0.1, 0.15) is 71.6 Å². The maximum absolute atomic E-state index is 9.50. The van der Waals surface area contributed by atoms with Crippen molar-refractivity contribution in [2.75, 3.05) is 38.9 Å². The van der Waals surface area contributed by atoms with E-state index in [1.807, 2.05) is 48.5 Å². The first-order valence-electron chi connectivity index (χ1n) is 17.3. The molecule has 8 rings (SSSR count). The number of allylic oxidation sites excluding steroid dienone is 2. The number of nitriles is 4. The van der Waals surface area contributed by atoms with Gasteiger partial charge >= 0.3 is 0 Å². The largest absolute Gasteiger partial charge is 0.485 e. The molecule has 0 atom stereocenters. The van der Waals surface area contributed by atoms with Crippen molar-refractivity contribution in [3.63, 3.8) is 0 Å². The van der Waals surface area contributed by atoms with Crippen LogP contribution in [0.2, 0.25) is 0 Å². The molecule has 3 aliphatic rings. The fourth-order valence-electron chi connectivity index (χ4n) is 6.38. The van der Waals surface area contributed by atoms with Gasteiger partial charge in [-0.3, -0.25) is 0 Å². The number of nitrogens with zero attached hydrogens (tertiary/aromatic N) is 4. The van der Waals surface area contributed by atoms with Gasteiger partial charge in [0.15, 0.2) is 23.0 Å². The second kappa shape index (κ2) is 17.4. The van der Waals surface area contributed by atoms with E-state index in [0.717, 1.165) is 32.0 Å². The first-order valence-corrected chi connectivity index (χ1v) is 23.0. The van der Waals surface area contributed by atoms with Gasteiger partial charge in [-0.1, -0.05) is 83.9 Å². The third kappa shape index (κ3) is 7.40. The standard InChI is InChI=1S/C44H24N4O4S6/c1-53-43-44(54-2)58-42(57-43)37-30-9-5-3-7-28(30)36(29-8-4-6-10-31(29)37)27(11-13-32-38-40(51-17-15-49-38)34(55-32)19-25(21-45)22-46)12-14-33-39-41(52-18-16-50-39)35(56-33)20-26(23-47)24-48/h3-10,19-20H,15-18H2,1-2H3. The number of rotatable bonds is 4. The number of fused-ring (bicyclic) bond motifs is 4. The smallest absolute Gasteiger partial charge is 0.188 e. The molecule has 280 valence electrons. The number of hydrogen-bond donors (Lipinski definition) is 0. The van der Waals surface area contributed by atoms with Crippen molar-refractivity contribution in [2.45, 2.75) is 0 Å². The lowest BCUT2D eigenvalue weighted by atomic mass is 9.95. The highest BCUT2D eigenvalue weighted by atomic mass is 32.3. The van der Waals surface area contributed by atoms with Gasteiger partial charge in [0.05, 0.1) is 28.0 Å². The van der Waals surface area contributed by atoms with Crippen molar-refractivity contribution in [1.29, 1.82) is 21.0 Å². The van der Waals surface area contributed by atoms with Crippen LogP contribution >= 0.6 is 69.7 Å². The van der Waals surface area contributed by atoms with Crippen LogP contribution in [0.15, 0.2) is 68.2 Å². The van der Waals surface area contributed by atoms with Crippen LogP contribution in [0, 0.1) is 69.0 Å². The molecule has 0 radical (unpaired) electrons. The third-order valence-electron chi connectivity index (χ3n) is 8.78. The summed E-state index contributed by atoms with van der Waals surface area (Å²) in [6, 6.07) is 24.3. The molecule has 5 aromatic rings. The lowest BCUT2D eigenvalue weighted by Gasteiger charge is -2.15. The molecule has 0 saturated heterocycles. The topological polar surface area (TPSA) is 132 Å². The second-order valence-electron chi connectivity index (χ2n) is 12.1. The Balaban J connectivity index is 1.45. The van der Waals surface area contributed by atoms with E-state index in [4.69, 9.17) is 18.9 Å². The van der Waals surface area contributed by atoms with Gasteiger partial charge in [-0.05, 0) is 58.0 Å². The summed E-state index contributed by atoms with van der Waals surface area (Å²) in [4.78, 5) is 2.25. The van der Waals surface area contributed by atoms with Crippen LogP contribution in [0.1, 0.15) is 19.5 Å². The first-order chi connectivity index (χ1) is 28.5. The van der Waals surface area contributed by atoms with Gasteiger partial charge in [0.2, 0.25) is 0 Å². The zero-order valence-corrected chi connectivity index (χ0v) is 35.4. The van der Waals surface area contributed by atoms with Crippen molar-refractivity contribution >= 4 is 113 Å².